The molecule has 2 heterocycles. The van der Waals surface area contributed by atoms with Crippen molar-refractivity contribution in [3.8, 4) is 27.9 Å². The van der Waals surface area contributed by atoms with E-state index in [1.54, 1.807) is 23.9 Å². The molecule has 0 saturated carbocycles. The monoisotopic (exact) mass is 462 g/mol. The van der Waals surface area contributed by atoms with Crippen LogP contribution in [-0.2, 0) is 0 Å². The zero-order valence-electron chi connectivity index (χ0n) is 18.9. The highest BCUT2D eigenvalue weighted by molar-refractivity contribution is 7.12. The van der Waals surface area contributed by atoms with E-state index in [1.807, 2.05) is 54.8 Å². The number of ether oxygens (including phenoxy) is 2. The second-order valence-electron chi connectivity index (χ2n) is 7.51. The Kier molecular flexibility index (Phi) is 7.04. The summed E-state index contributed by atoms with van der Waals surface area (Å²) in [6.07, 6.45) is 2.08. The first-order valence-electron chi connectivity index (χ1n) is 10.8. The molecule has 0 aliphatic heterocycles. The molecule has 1 amide bonds. The first-order valence-corrected chi connectivity index (χ1v) is 11.7. The summed E-state index contributed by atoms with van der Waals surface area (Å²) in [7, 11) is 1.64. The fourth-order valence-corrected chi connectivity index (χ4v) is 4.01. The maximum absolute atomic E-state index is 12.8. The standard InChI is InChI=1S/C25H26N4O3S/c1-4-5-14-32-21-12-8-19(9-13-21)24(30)27-23-15-17(2)28-29(23)25-26-22(16-33-25)18-6-10-20(31-3)11-7-18/h6-13,15-16H,4-5,14H2,1-3H3,(H,27,30). The van der Waals surface area contributed by atoms with Crippen LogP contribution in [0.15, 0.2) is 60.0 Å². The fraction of sp³-hybridized carbons (Fsp3) is 0.240. The molecule has 0 radical (unpaired) electrons. The van der Waals surface area contributed by atoms with Crippen molar-refractivity contribution in [3.05, 3.63) is 71.2 Å². The van der Waals surface area contributed by atoms with Gasteiger partial charge in [-0.25, -0.2) is 4.98 Å². The number of benzene rings is 2. The van der Waals surface area contributed by atoms with Crippen LogP contribution < -0.4 is 14.8 Å². The summed E-state index contributed by atoms with van der Waals surface area (Å²) >= 11 is 1.46. The van der Waals surface area contributed by atoms with Crippen molar-refractivity contribution in [2.24, 2.45) is 0 Å². The Morgan fingerprint density at radius 1 is 1.09 bits per heavy atom. The number of carbonyl (C=O) groups is 1. The number of amides is 1. The summed E-state index contributed by atoms with van der Waals surface area (Å²) in [5, 5.41) is 10.1. The van der Waals surface area contributed by atoms with E-state index in [0.717, 1.165) is 41.3 Å². The van der Waals surface area contributed by atoms with E-state index in [4.69, 9.17) is 14.5 Å². The summed E-state index contributed by atoms with van der Waals surface area (Å²) in [5.41, 5.74) is 3.14. The number of rotatable bonds is 9. The van der Waals surface area contributed by atoms with Gasteiger partial charge in [0.05, 0.1) is 25.1 Å². The van der Waals surface area contributed by atoms with Gasteiger partial charge in [-0.05, 0) is 61.9 Å². The molecular weight excluding hydrogens is 436 g/mol. The van der Waals surface area contributed by atoms with Gasteiger partial charge in [0.25, 0.3) is 5.91 Å². The van der Waals surface area contributed by atoms with Gasteiger partial charge in [-0.1, -0.05) is 13.3 Å². The molecule has 4 aromatic rings. The lowest BCUT2D eigenvalue weighted by Gasteiger charge is -2.08. The van der Waals surface area contributed by atoms with Crippen molar-refractivity contribution in [1.29, 1.82) is 0 Å². The van der Waals surface area contributed by atoms with E-state index in [2.05, 4.69) is 17.3 Å². The van der Waals surface area contributed by atoms with E-state index >= 15 is 0 Å². The molecule has 2 aromatic heterocycles. The second kappa shape index (κ2) is 10.3. The van der Waals surface area contributed by atoms with Crippen molar-refractivity contribution in [1.82, 2.24) is 14.8 Å². The van der Waals surface area contributed by atoms with E-state index in [1.165, 1.54) is 11.3 Å². The zero-order valence-corrected chi connectivity index (χ0v) is 19.7. The second-order valence-corrected chi connectivity index (χ2v) is 8.34. The van der Waals surface area contributed by atoms with E-state index in [0.29, 0.717) is 23.1 Å². The summed E-state index contributed by atoms with van der Waals surface area (Å²) in [4.78, 5) is 17.6. The minimum Gasteiger partial charge on any atom is -0.497 e. The van der Waals surface area contributed by atoms with E-state index < -0.39 is 0 Å². The van der Waals surface area contributed by atoms with Crippen LogP contribution in [0.2, 0.25) is 0 Å². The number of anilines is 1. The number of methoxy groups -OCH3 is 1. The molecule has 7 nitrogen and oxygen atoms in total. The quantitative estimate of drug-likeness (QED) is 0.321. The summed E-state index contributed by atoms with van der Waals surface area (Å²) in [6.45, 7) is 4.67. The van der Waals surface area contributed by atoms with Gasteiger partial charge in [0.1, 0.15) is 17.3 Å². The third-order valence-corrected chi connectivity index (χ3v) is 5.83. The van der Waals surface area contributed by atoms with E-state index in [9.17, 15) is 4.79 Å². The van der Waals surface area contributed by atoms with Gasteiger partial charge in [0.15, 0.2) is 0 Å². The summed E-state index contributed by atoms with van der Waals surface area (Å²) in [5.74, 6) is 1.90. The van der Waals surface area contributed by atoms with E-state index in [-0.39, 0.29) is 5.91 Å². The maximum Gasteiger partial charge on any atom is 0.256 e. The largest absolute Gasteiger partial charge is 0.497 e. The van der Waals surface area contributed by atoms with Crippen LogP contribution in [0.25, 0.3) is 16.4 Å². The molecule has 170 valence electrons. The van der Waals surface area contributed by atoms with Crippen molar-refractivity contribution in [2.75, 3.05) is 19.0 Å². The first-order chi connectivity index (χ1) is 16.1. The molecule has 1 N–H and O–H groups in total. The number of carbonyl (C=O) groups excluding carboxylic acids is 1. The van der Waals surface area contributed by atoms with Gasteiger partial charge >= 0.3 is 0 Å². The van der Waals surface area contributed by atoms with Crippen LogP contribution >= 0.6 is 11.3 Å². The maximum atomic E-state index is 12.8. The third kappa shape index (κ3) is 5.40. The molecule has 0 saturated heterocycles. The average Bonchev–Trinajstić information content (AvgIpc) is 3.46. The molecule has 8 heteroatoms. The predicted molar refractivity (Wildman–Crippen MR) is 131 cm³/mol. The summed E-state index contributed by atoms with van der Waals surface area (Å²) in [6, 6.07) is 16.7. The van der Waals surface area contributed by atoms with Crippen LogP contribution in [0, 0.1) is 6.92 Å². The minimum absolute atomic E-state index is 0.219. The number of hydrogen-bond acceptors (Lipinski definition) is 6. The highest BCUT2D eigenvalue weighted by atomic mass is 32.1. The van der Waals surface area contributed by atoms with Crippen LogP contribution in [0.5, 0.6) is 11.5 Å². The Hall–Kier alpha value is -3.65. The Balaban J connectivity index is 1.50. The van der Waals surface area contributed by atoms with Crippen molar-refractivity contribution in [3.63, 3.8) is 0 Å². The zero-order chi connectivity index (χ0) is 23.2. The fourth-order valence-electron chi connectivity index (χ4n) is 3.22. The van der Waals surface area contributed by atoms with Crippen LogP contribution in [-0.4, -0.2) is 34.4 Å². The smallest absolute Gasteiger partial charge is 0.256 e. The van der Waals surface area contributed by atoms with Gasteiger partial charge in [-0.15, -0.1) is 11.3 Å². The molecule has 0 bridgehead atoms. The van der Waals surface area contributed by atoms with Gasteiger partial charge in [-0.2, -0.15) is 9.78 Å². The number of thiazole rings is 1. The minimum atomic E-state index is -0.219. The topological polar surface area (TPSA) is 78.3 Å². The molecule has 0 atom stereocenters. The first kappa shape index (κ1) is 22.5. The van der Waals surface area contributed by atoms with Gasteiger partial charge < -0.3 is 14.8 Å². The molecule has 2 aromatic carbocycles. The highest BCUT2D eigenvalue weighted by Gasteiger charge is 2.15. The number of aromatic nitrogens is 3. The van der Waals surface area contributed by atoms with Crippen molar-refractivity contribution in [2.45, 2.75) is 26.7 Å². The Bertz CT molecular complexity index is 1210. The van der Waals surface area contributed by atoms with Gasteiger partial charge in [0, 0.05) is 22.6 Å². The molecule has 0 aliphatic rings. The molecular formula is C25H26N4O3S. The number of hydrogen-bond donors (Lipinski definition) is 1. The number of aryl methyl sites for hydroxylation is 1. The number of unbranched alkanes of at least 4 members (excludes halogenated alkanes) is 1. The Labute approximate surface area is 197 Å². The van der Waals surface area contributed by atoms with Crippen LogP contribution in [0.3, 0.4) is 0 Å². The molecule has 0 spiro atoms. The molecule has 0 aliphatic carbocycles. The summed E-state index contributed by atoms with van der Waals surface area (Å²) < 4.78 is 12.6. The number of nitrogens with zero attached hydrogens (tertiary/aromatic N) is 3. The molecule has 33 heavy (non-hydrogen) atoms. The predicted octanol–water partition coefficient (Wildman–Crippen LogP) is 5.74. The lowest BCUT2D eigenvalue weighted by Crippen LogP contribution is -2.15. The van der Waals surface area contributed by atoms with Gasteiger partial charge in [-0.3, -0.25) is 4.79 Å². The van der Waals surface area contributed by atoms with Crippen molar-refractivity contribution < 1.29 is 14.3 Å². The molecule has 0 fully saturated rings. The Morgan fingerprint density at radius 3 is 2.52 bits per heavy atom. The Morgan fingerprint density at radius 2 is 1.82 bits per heavy atom. The highest BCUT2D eigenvalue weighted by Crippen LogP contribution is 2.28. The third-order valence-electron chi connectivity index (χ3n) is 5.02. The van der Waals surface area contributed by atoms with Crippen molar-refractivity contribution >= 4 is 23.1 Å². The van der Waals surface area contributed by atoms with Crippen LogP contribution in [0.4, 0.5) is 5.82 Å². The average molecular weight is 463 g/mol. The number of nitrogens with one attached hydrogen (secondary N) is 1. The molecule has 0 unspecified atom stereocenters. The lowest BCUT2D eigenvalue weighted by atomic mass is 10.2. The van der Waals surface area contributed by atoms with Crippen LogP contribution in [0.1, 0.15) is 35.8 Å². The van der Waals surface area contributed by atoms with Gasteiger partial charge in [0.2, 0.25) is 5.13 Å². The SMILES string of the molecule is CCCCOc1ccc(C(=O)Nc2cc(C)nn2-c2nc(-c3ccc(OC)cc3)cs2)cc1. The lowest BCUT2D eigenvalue weighted by molar-refractivity contribution is 0.102. The normalized spacial score (nSPS) is 10.8. The molecule has 4 rings (SSSR count).